The lowest BCUT2D eigenvalue weighted by molar-refractivity contribution is -0.235. The van der Waals surface area contributed by atoms with Crippen molar-refractivity contribution in [2.75, 3.05) is 33.2 Å². The number of hydrogen-bond donors (Lipinski definition) is 2. The van der Waals surface area contributed by atoms with Crippen LogP contribution in [0.1, 0.15) is 146 Å². The number of nitrogens with zero attached hydrogens (tertiary/aromatic N) is 2. The third kappa shape index (κ3) is 7.05. The van der Waals surface area contributed by atoms with Gasteiger partial charge >= 0.3 is 11.9 Å². The first-order valence-electron chi connectivity index (χ1n) is 21.8. The molecule has 6 rings (SSSR count). The van der Waals surface area contributed by atoms with Gasteiger partial charge in [-0.25, -0.2) is 0 Å². The third-order valence-corrected chi connectivity index (χ3v) is 17.4. The lowest BCUT2D eigenvalue weighted by Gasteiger charge is -2.72. The van der Waals surface area contributed by atoms with Gasteiger partial charge in [0.05, 0.1) is 17.9 Å². The molecule has 5 saturated carbocycles. The smallest absolute Gasteiger partial charge is 0.309 e. The first-order valence-corrected chi connectivity index (χ1v) is 21.8. The number of aliphatic carboxylic acids is 1. The molecule has 1 unspecified atom stereocenters. The predicted molar refractivity (Wildman–Crippen MR) is 214 cm³/mol. The van der Waals surface area contributed by atoms with Crippen molar-refractivity contribution in [3.63, 3.8) is 0 Å². The summed E-state index contributed by atoms with van der Waals surface area (Å²) in [5.41, 5.74) is 0.400. The number of ketones is 1. The molecule has 0 aliphatic heterocycles. The number of hydrogen-bond acceptors (Lipinski definition) is 7. The van der Waals surface area contributed by atoms with Gasteiger partial charge in [-0.3, -0.25) is 24.1 Å². The van der Waals surface area contributed by atoms with Gasteiger partial charge < -0.3 is 19.8 Å². The maximum atomic E-state index is 14.2. The van der Waals surface area contributed by atoms with Crippen LogP contribution in [0.5, 0.6) is 0 Å². The summed E-state index contributed by atoms with van der Waals surface area (Å²) >= 11 is 0. The van der Waals surface area contributed by atoms with Crippen molar-refractivity contribution >= 4 is 23.6 Å². The van der Waals surface area contributed by atoms with Crippen molar-refractivity contribution in [1.82, 2.24) is 9.80 Å². The molecule has 0 saturated heterocycles. The molecular weight excluding hydrogens is 693 g/mol. The highest BCUT2D eigenvalue weighted by molar-refractivity contribution is 6.00. The minimum absolute atomic E-state index is 0.0268. The van der Waals surface area contributed by atoms with E-state index in [0.29, 0.717) is 37.3 Å². The fourth-order valence-corrected chi connectivity index (χ4v) is 13.7. The Bertz CT molecular complexity index is 1580. The molecule has 0 aromatic carbocycles. The molecule has 1 amide bonds. The standard InChI is InChI=1S/C46H74N2O7/c1-28(2)38-32(50)24-46(35(51)27-48(26-30-12-13-30)23-22-47(11)29(3)49)21-20-44(9)31(39(38)46)14-15-34-43(8)18-17-36(55-37(52)25-41(4,5)40(53)54)42(6,7)33(43)16-19-45(34,44)10/h28,30-31,33-36,51H,12-27H2,1-11H3,(H,53,54)/t31-,33+,34?,35+,36+,43+,44-,45-,46+/m1/s1. The number of esters is 1. The van der Waals surface area contributed by atoms with Crippen LogP contribution in [-0.2, 0) is 23.9 Å². The molecule has 9 atom stereocenters. The number of carboxylic acid groups (broad SMARTS) is 1. The molecule has 6 aliphatic rings. The zero-order valence-corrected chi connectivity index (χ0v) is 36.2. The van der Waals surface area contributed by atoms with Crippen LogP contribution in [-0.4, -0.2) is 89.1 Å². The monoisotopic (exact) mass is 767 g/mol. The number of rotatable bonds is 13. The van der Waals surface area contributed by atoms with E-state index in [1.807, 2.05) is 7.05 Å². The number of allylic oxidation sites excluding steroid dienone is 1. The second-order valence-electron chi connectivity index (χ2n) is 21.7. The van der Waals surface area contributed by atoms with Gasteiger partial charge in [-0.1, -0.05) is 54.0 Å². The molecule has 2 N–H and O–H groups in total. The molecular formula is C46H74N2O7. The first kappa shape index (κ1) is 42.3. The van der Waals surface area contributed by atoms with Crippen LogP contribution in [0.25, 0.3) is 0 Å². The van der Waals surface area contributed by atoms with Gasteiger partial charge in [-0.05, 0) is 129 Å². The van der Waals surface area contributed by atoms with Crippen molar-refractivity contribution in [2.24, 2.45) is 62.1 Å². The average molecular weight is 767 g/mol. The van der Waals surface area contributed by atoms with Gasteiger partial charge in [0.15, 0.2) is 5.78 Å². The first-order chi connectivity index (χ1) is 25.4. The Balaban J connectivity index is 1.27. The number of ether oxygens (including phenoxy) is 1. The van der Waals surface area contributed by atoms with E-state index < -0.39 is 28.9 Å². The lowest BCUT2D eigenvalue weighted by atomic mass is 9.33. The van der Waals surface area contributed by atoms with E-state index in [1.54, 1.807) is 25.7 Å². The Morgan fingerprint density at radius 3 is 2.16 bits per heavy atom. The number of aliphatic hydroxyl groups is 1. The molecule has 55 heavy (non-hydrogen) atoms. The summed E-state index contributed by atoms with van der Waals surface area (Å²) in [6.07, 6.45) is 9.59. The molecule has 5 fully saturated rings. The van der Waals surface area contributed by atoms with Gasteiger partial charge in [0.1, 0.15) is 6.10 Å². The Morgan fingerprint density at radius 2 is 1.56 bits per heavy atom. The summed E-state index contributed by atoms with van der Waals surface area (Å²) in [5, 5.41) is 22.2. The van der Waals surface area contributed by atoms with Crippen LogP contribution in [0, 0.1) is 62.1 Å². The Hall–Kier alpha value is -2.26. The maximum absolute atomic E-state index is 14.2. The van der Waals surface area contributed by atoms with E-state index in [4.69, 9.17) is 4.74 Å². The van der Waals surface area contributed by atoms with Crippen LogP contribution < -0.4 is 0 Å². The summed E-state index contributed by atoms with van der Waals surface area (Å²) in [4.78, 5) is 55.3. The lowest BCUT2D eigenvalue weighted by Crippen LogP contribution is -2.66. The second-order valence-corrected chi connectivity index (χ2v) is 21.7. The van der Waals surface area contributed by atoms with E-state index in [2.05, 4.69) is 53.4 Å². The fourth-order valence-electron chi connectivity index (χ4n) is 13.7. The summed E-state index contributed by atoms with van der Waals surface area (Å²) in [7, 11) is 1.85. The zero-order valence-electron chi connectivity index (χ0n) is 36.2. The summed E-state index contributed by atoms with van der Waals surface area (Å²) in [6.45, 7) is 24.1. The number of likely N-dealkylation sites (N-methyl/N-ethyl adjacent to an activating group) is 1. The molecule has 6 aliphatic carbocycles. The van der Waals surface area contributed by atoms with Crippen molar-refractivity contribution < 1.29 is 34.1 Å². The normalized spacial score (nSPS) is 37.5. The molecule has 0 bridgehead atoms. The van der Waals surface area contributed by atoms with Gasteiger partial charge in [-0.15, -0.1) is 0 Å². The number of fused-ring (bicyclic) bond motifs is 7. The number of aliphatic hydroxyl groups excluding tert-OH is 1. The van der Waals surface area contributed by atoms with Gasteiger partial charge in [0.25, 0.3) is 0 Å². The molecule has 0 aromatic heterocycles. The van der Waals surface area contributed by atoms with Crippen LogP contribution in [0.3, 0.4) is 0 Å². The van der Waals surface area contributed by atoms with E-state index in [9.17, 15) is 29.4 Å². The summed E-state index contributed by atoms with van der Waals surface area (Å²) < 4.78 is 6.18. The summed E-state index contributed by atoms with van der Waals surface area (Å²) in [6, 6.07) is 0. The largest absolute Gasteiger partial charge is 0.481 e. The average Bonchev–Trinajstić information content (AvgIpc) is 3.83. The van der Waals surface area contributed by atoms with E-state index >= 15 is 0 Å². The topological polar surface area (TPSA) is 124 Å². The molecule has 0 spiro atoms. The molecule has 0 radical (unpaired) electrons. The predicted octanol–water partition coefficient (Wildman–Crippen LogP) is 7.93. The second kappa shape index (κ2) is 14.5. The minimum atomic E-state index is -1.17. The zero-order chi connectivity index (χ0) is 40.7. The Labute approximate surface area is 331 Å². The molecule has 310 valence electrons. The van der Waals surface area contributed by atoms with Crippen molar-refractivity contribution in [3.05, 3.63) is 11.1 Å². The van der Waals surface area contributed by atoms with Gasteiger partial charge in [0, 0.05) is 57.4 Å². The van der Waals surface area contributed by atoms with Crippen LogP contribution in [0.2, 0.25) is 0 Å². The highest BCUT2D eigenvalue weighted by Crippen LogP contribution is 2.77. The van der Waals surface area contributed by atoms with E-state index in [1.165, 1.54) is 18.4 Å². The summed E-state index contributed by atoms with van der Waals surface area (Å²) in [5.74, 6) is 0.706. The number of carbonyl (C=O) groups is 4. The van der Waals surface area contributed by atoms with E-state index in [0.717, 1.165) is 70.0 Å². The Kier molecular flexibility index (Phi) is 11.2. The van der Waals surface area contributed by atoms with Crippen LogP contribution in [0.15, 0.2) is 11.1 Å². The SMILES string of the molecule is CC(=O)N(C)CCN(CC1CC1)C[C@H](O)[C@@]12CC[C@]3(C)[C@H](CCC4[C@@]5(C)CC[C@H](OC(=O)CC(C)(C)C(=O)O)C(C)(C)[C@@H]5CC[C@]43C)C1=C(C(C)C)C(=O)C2. The maximum Gasteiger partial charge on any atom is 0.309 e. The van der Waals surface area contributed by atoms with Crippen LogP contribution >= 0.6 is 0 Å². The number of carbonyl (C=O) groups excluding carboxylic acids is 3. The molecule has 9 heteroatoms. The van der Waals surface area contributed by atoms with Crippen molar-refractivity contribution in [2.45, 2.75) is 158 Å². The highest BCUT2D eigenvalue weighted by atomic mass is 16.5. The Morgan fingerprint density at radius 1 is 0.891 bits per heavy atom. The number of Topliss-reactive ketones (excluding diaryl/α,β-unsaturated/α-hetero) is 1. The molecule has 0 aromatic rings. The van der Waals surface area contributed by atoms with Crippen LogP contribution in [0.4, 0.5) is 0 Å². The van der Waals surface area contributed by atoms with Crippen molar-refractivity contribution in [3.8, 4) is 0 Å². The van der Waals surface area contributed by atoms with Gasteiger partial charge in [0.2, 0.25) is 5.91 Å². The quantitative estimate of drug-likeness (QED) is 0.181. The minimum Gasteiger partial charge on any atom is -0.481 e. The molecule has 0 heterocycles. The highest BCUT2D eigenvalue weighted by Gasteiger charge is 2.71. The number of amides is 1. The number of carboxylic acids is 1. The molecule has 9 nitrogen and oxygen atoms in total. The third-order valence-electron chi connectivity index (χ3n) is 17.4. The fraction of sp³-hybridized carbons (Fsp3) is 0.870. The van der Waals surface area contributed by atoms with Gasteiger partial charge in [-0.2, -0.15) is 0 Å². The van der Waals surface area contributed by atoms with E-state index in [-0.39, 0.29) is 57.7 Å². The van der Waals surface area contributed by atoms with Crippen molar-refractivity contribution in [1.29, 1.82) is 0 Å².